The number of hydrogen-bond donors (Lipinski definition) is 3. The number of aryl methyl sites for hydroxylation is 1. The quantitative estimate of drug-likeness (QED) is 0.748. The monoisotopic (exact) mass is 336 g/mol. The molecule has 23 heavy (non-hydrogen) atoms. The van der Waals surface area contributed by atoms with E-state index in [4.69, 9.17) is 11.6 Å². The van der Waals surface area contributed by atoms with Gasteiger partial charge in [-0.1, -0.05) is 17.7 Å². The van der Waals surface area contributed by atoms with E-state index in [1.54, 1.807) is 6.92 Å². The van der Waals surface area contributed by atoms with E-state index in [9.17, 15) is 19.1 Å². The molecule has 0 saturated heterocycles. The van der Waals surface area contributed by atoms with E-state index in [0.29, 0.717) is 5.56 Å². The SMILES string of the molecule is CC(=O)Nc1cc(O)c(NC(=O)c2ccc(C)c(F)c2)cc1Cl. The van der Waals surface area contributed by atoms with Crippen LogP contribution in [-0.4, -0.2) is 16.9 Å². The van der Waals surface area contributed by atoms with E-state index < -0.39 is 11.7 Å². The summed E-state index contributed by atoms with van der Waals surface area (Å²) in [4.78, 5) is 23.1. The first kappa shape index (κ1) is 16.8. The topological polar surface area (TPSA) is 78.4 Å². The van der Waals surface area contributed by atoms with Gasteiger partial charge in [0.1, 0.15) is 11.6 Å². The summed E-state index contributed by atoms with van der Waals surface area (Å²) >= 11 is 5.98. The number of aromatic hydroxyl groups is 1. The third kappa shape index (κ3) is 3.98. The van der Waals surface area contributed by atoms with Crippen LogP contribution in [0.2, 0.25) is 5.02 Å². The molecular formula is C16H14ClFN2O3. The first-order valence-electron chi connectivity index (χ1n) is 6.65. The zero-order chi connectivity index (χ0) is 17.1. The predicted octanol–water partition coefficient (Wildman–Crippen LogP) is 3.70. The van der Waals surface area contributed by atoms with E-state index in [2.05, 4.69) is 10.6 Å². The molecule has 0 spiro atoms. The molecule has 0 heterocycles. The number of rotatable bonds is 3. The molecule has 2 aromatic rings. The number of phenols is 1. The highest BCUT2D eigenvalue weighted by Gasteiger charge is 2.14. The van der Waals surface area contributed by atoms with E-state index in [-0.39, 0.29) is 33.6 Å². The molecule has 0 aliphatic carbocycles. The van der Waals surface area contributed by atoms with Gasteiger partial charge in [-0.25, -0.2) is 4.39 Å². The number of benzene rings is 2. The minimum absolute atomic E-state index is 0.0510. The van der Waals surface area contributed by atoms with Crippen LogP contribution in [0.5, 0.6) is 5.75 Å². The van der Waals surface area contributed by atoms with E-state index in [1.807, 2.05) is 0 Å². The normalized spacial score (nSPS) is 10.3. The number of hydrogen-bond acceptors (Lipinski definition) is 3. The number of nitrogens with one attached hydrogen (secondary N) is 2. The van der Waals surface area contributed by atoms with E-state index >= 15 is 0 Å². The van der Waals surface area contributed by atoms with Gasteiger partial charge in [-0.15, -0.1) is 0 Å². The van der Waals surface area contributed by atoms with Gasteiger partial charge in [0.2, 0.25) is 5.91 Å². The summed E-state index contributed by atoms with van der Waals surface area (Å²) in [6.07, 6.45) is 0. The summed E-state index contributed by atoms with van der Waals surface area (Å²) in [5.41, 5.74) is 0.799. The van der Waals surface area contributed by atoms with Crippen molar-refractivity contribution in [3.05, 3.63) is 52.3 Å². The Morgan fingerprint density at radius 1 is 1.13 bits per heavy atom. The molecule has 0 aliphatic heterocycles. The summed E-state index contributed by atoms with van der Waals surface area (Å²) < 4.78 is 13.5. The molecule has 2 rings (SSSR count). The van der Waals surface area contributed by atoms with Crippen LogP contribution in [0, 0.1) is 12.7 Å². The lowest BCUT2D eigenvalue weighted by Gasteiger charge is -2.11. The Labute approximate surface area is 137 Å². The minimum Gasteiger partial charge on any atom is -0.506 e. The van der Waals surface area contributed by atoms with Crippen molar-refractivity contribution < 1.29 is 19.1 Å². The van der Waals surface area contributed by atoms with Crippen molar-refractivity contribution in [3.8, 4) is 5.75 Å². The lowest BCUT2D eigenvalue weighted by molar-refractivity contribution is -0.114. The highest BCUT2D eigenvalue weighted by molar-refractivity contribution is 6.34. The number of carbonyl (C=O) groups is 2. The molecule has 5 nitrogen and oxygen atoms in total. The summed E-state index contributed by atoms with van der Waals surface area (Å²) in [7, 11) is 0. The van der Waals surface area contributed by atoms with Crippen molar-refractivity contribution >= 4 is 34.8 Å². The van der Waals surface area contributed by atoms with Gasteiger partial charge < -0.3 is 15.7 Å². The number of halogens is 2. The van der Waals surface area contributed by atoms with Crippen molar-refractivity contribution in [1.29, 1.82) is 0 Å². The summed E-state index contributed by atoms with van der Waals surface area (Å²) in [5, 5.41) is 15.0. The molecule has 0 aromatic heterocycles. The molecule has 0 atom stereocenters. The lowest BCUT2D eigenvalue weighted by Crippen LogP contribution is -2.13. The van der Waals surface area contributed by atoms with Gasteiger partial charge in [-0.05, 0) is 30.7 Å². The molecule has 0 aliphatic rings. The Morgan fingerprint density at radius 2 is 1.83 bits per heavy atom. The van der Waals surface area contributed by atoms with Crippen molar-refractivity contribution in [1.82, 2.24) is 0 Å². The first-order valence-corrected chi connectivity index (χ1v) is 7.03. The largest absolute Gasteiger partial charge is 0.506 e. The van der Waals surface area contributed by atoms with Crippen molar-refractivity contribution in [2.45, 2.75) is 13.8 Å². The highest BCUT2D eigenvalue weighted by atomic mass is 35.5. The van der Waals surface area contributed by atoms with Crippen molar-refractivity contribution in [2.24, 2.45) is 0 Å². The van der Waals surface area contributed by atoms with Crippen LogP contribution in [0.3, 0.4) is 0 Å². The molecule has 7 heteroatoms. The maximum Gasteiger partial charge on any atom is 0.255 e. The fraction of sp³-hybridized carbons (Fsp3) is 0.125. The predicted molar refractivity (Wildman–Crippen MR) is 86.5 cm³/mol. The first-order chi connectivity index (χ1) is 10.8. The van der Waals surface area contributed by atoms with Crippen LogP contribution in [0.15, 0.2) is 30.3 Å². The van der Waals surface area contributed by atoms with Crippen LogP contribution in [0.25, 0.3) is 0 Å². The molecular weight excluding hydrogens is 323 g/mol. The Hall–Kier alpha value is -2.60. The molecule has 2 aromatic carbocycles. The number of carbonyl (C=O) groups excluding carboxylic acids is 2. The molecule has 0 bridgehead atoms. The maximum absolute atomic E-state index is 13.5. The van der Waals surface area contributed by atoms with Crippen LogP contribution in [-0.2, 0) is 4.79 Å². The van der Waals surface area contributed by atoms with Crippen LogP contribution in [0.1, 0.15) is 22.8 Å². The van der Waals surface area contributed by atoms with E-state index in [0.717, 1.165) is 6.07 Å². The number of phenolic OH excluding ortho intramolecular Hbond substituents is 1. The smallest absolute Gasteiger partial charge is 0.255 e. The van der Waals surface area contributed by atoms with Crippen molar-refractivity contribution in [2.75, 3.05) is 10.6 Å². The second kappa shape index (κ2) is 6.66. The molecule has 2 amide bonds. The maximum atomic E-state index is 13.5. The highest BCUT2D eigenvalue weighted by Crippen LogP contribution is 2.34. The molecule has 0 radical (unpaired) electrons. The zero-order valence-electron chi connectivity index (χ0n) is 12.4. The summed E-state index contributed by atoms with van der Waals surface area (Å²) in [6.45, 7) is 2.89. The van der Waals surface area contributed by atoms with Crippen LogP contribution >= 0.6 is 11.6 Å². The van der Waals surface area contributed by atoms with Crippen LogP contribution in [0.4, 0.5) is 15.8 Å². The van der Waals surface area contributed by atoms with Crippen molar-refractivity contribution in [3.63, 3.8) is 0 Å². The average molecular weight is 337 g/mol. The average Bonchev–Trinajstić information content (AvgIpc) is 2.46. The van der Waals surface area contributed by atoms with Gasteiger partial charge in [0.05, 0.1) is 16.4 Å². The Balaban J connectivity index is 2.25. The molecule has 0 unspecified atom stereocenters. The van der Waals surface area contributed by atoms with Crippen LogP contribution < -0.4 is 10.6 Å². The fourth-order valence-corrected chi connectivity index (χ4v) is 2.09. The second-order valence-electron chi connectivity index (χ2n) is 4.95. The van der Waals surface area contributed by atoms with Gasteiger partial charge >= 0.3 is 0 Å². The molecule has 120 valence electrons. The third-order valence-corrected chi connectivity index (χ3v) is 3.39. The van der Waals surface area contributed by atoms with Gasteiger partial charge in [-0.2, -0.15) is 0 Å². The van der Waals surface area contributed by atoms with Gasteiger partial charge in [0.15, 0.2) is 0 Å². The molecule has 3 N–H and O–H groups in total. The molecule has 0 fully saturated rings. The standard InChI is InChI=1S/C16H14ClFN2O3/c1-8-3-4-10(5-12(8)18)16(23)20-14-6-11(17)13(7-15(14)22)19-9(2)21/h3-7,22H,1-2H3,(H,19,21)(H,20,23). The Morgan fingerprint density at radius 3 is 2.43 bits per heavy atom. The minimum atomic E-state index is -0.595. The zero-order valence-corrected chi connectivity index (χ0v) is 13.2. The van der Waals surface area contributed by atoms with Gasteiger partial charge in [0, 0.05) is 18.6 Å². The Kier molecular flexibility index (Phi) is 4.86. The Bertz CT molecular complexity index is 793. The molecule has 0 saturated carbocycles. The lowest BCUT2D eigenvalue weighted by atomic mass is 10.1. The number of anilines is 2. The fourth-order valence-electron chi connectivity index (χ4n) is 1.88. The second-order valence-corrected chi connectivity index (χ2v) is 5.36. The third-order valence-electron chi connectivity index (χ3n) is 3.08. The summed E-state index contributed by atoms with van der Waals surface area (Å²) in [5.74, 6) is -1.72. The van der Waals surface area contributed by atoms with Gasteiger partial charge in [-0.3, -0.25) is 9.59 Å². The van der Waals surface area contributed by atoms with Gasteiger partial charge in [0.25, 0.3) is 5.91 Å². The van der Waals surface area contributed by atoms with E-state index in [1.165, 1.54) is 31.2 Å². The number of amides is 2. The summed E-state index contributed by atoms with van der Waals surface area (Å²) in [6, 6.07) is 6.57.